The molecule has 8 aromatic rings. The minimum absolute atomic E-state index is 0.498. The number of hydrogen-bond donors (Lipinski definition) is 2. The normalized spacial score (nSPS) is 12.8. The van der Waals surface area contributed by atoms with E-state index in [1.54, 1.807) is 81.1 Å². The summed E-state index contributed by atoms with van der Waals surface area (Å²) < 4.78 is 44.8. The lowest BCUT2D eigenvalue weighted by Crippen LogP contribution is -2.30. The molecule has 328 valence electrons. The molecular formula is C54H52O10. The fraction of sp³-hybridized carbons (Fsp3) is 0.185. The molecule has 0 saturated carbocycles. The van der Waals surface area contributed by atoms with Gasteiger partial charge in [0.2, 0.25) is 0 Å². The predicted molar refractivity (Wildman–Crippen MR) is 250 cm³/mol. The van der Waals surface area contributed by atoms with E-state index in [2.05, 4.69) is 0 Å². The van der Waals surface area contributed by atoms with Crippen molar-refractivity contribution in [1.29, 1.82) is 0 Å². The van der Waals surface area contributed by atoms with Gasteiger partial charge in [0, 0.05) is 45.2 Å². The van der Waals surface area contributed by atoms with E-state index in [9.17, 15) is 10.2 Å². The summed E-state index contributed by atoms with van der Waals surface area (Å²) in [4.78, 5) is 0. The number of benzene rings is 8. The van der Waals surface area contributed by atoms with Gasteiger partial charge >= 0.3 is 0 Å². The molecule has 0 spiro atoms. The summed E-state index contributed by atoms with van der Waals surface area (Å²) in [5, 5.41) is 28.6. The van der Waals surface area contributed by atoms with E-state index in [4.69, 9.17) is 37.9 Å². The third-order valence-corrected chi connectivity index (χ3v) is 11.5. The Morgan fingerprint density at radius 1 is 0.297 bits per heavy atom. The number of hydrogen-bond acceptors (Lipinski definition) is 10. The lowest BCUT2D eigenvalue weighted by Gasteiger charge is -2.33. The molecular weight excluding hydrogens is 809 g/mol. The maximum absolute atomic E-state index is 12.5. The van der Waals surface area contributed by atoms with Crippen LogP contribution < -0.4 is 37.9 Å². The molecule has 10 nitrogen and oxygen atoms in total. The molecule has 0 aromatic heterocycles. The van der Waals surface area contributed by atoms with Gasteiger partial charge in [0.05, 0.1) is 56.9 Å². The first kappa shape index (κ1) is 44.6. The van der Waals surface area contributed by atoms with Crippen LogP contribution in [0.25, 0.3) is 21.5 Å². The largest absolute Gasteiger partial charge is 0.497 e. The van der Waals surface area contributed by atoms with Crippen molar-refractivity contribution in [2.75, 3.05) is 56.9 Å². The van der Waals surface area contributed by atoms with Crippen LogP contribution in [0.15, 0.2) is 158 Å². The molecule has 8 aromatic carbocycles. The smallest absolute Gasteiger partial charge is 0.147 e. The molecule has 8 rings (SSSR count). The zero-order valence-electron chi connectivity index (χ0n) is 37.2. The highest BCUT2D eigenvalue weighted by molar-refractivity contribution is 5.92. The summed E-state index contributed by atoms with van der Waals surface area (Å²) in [5.74, 6) is 4.79. The van der Waals surface area contributed by atoms with Gasteiger partial charge in [-0.15, -0.1) is 0 Å². The first-order valence-electron chi connectivity index (χ1n) is 20.4. The van der Waals surface area contributed by atoms with Gasteiger partial charge in [-0.25, -0.2) is 0 Å². The first-order chi connectivity index (χ1) is 31.1. The van der Waals surface area contributed by atoms with Gasteiger partial charge in [-0.3, -0.25) is 0 Å². The number of rotatable bonds is 14. The molecule has 0 bridgehead atoms. The second-order valence-corrected chi connectivity index (χ2v) is 14.8. The summed E-state index contributed by atoms with van der Waals surface area (Å²) in [7, 11) is 12.8. The lowest BCUT2D eigenvalue weighted by atomic mass is 9.78. The van der Waals surface area contributed by atoms with Gasteiger partial charge < -0.3 is 48.1 Å². The van der Waals surface area contributed by atoms with Crippen LogP contribution in [0.3, 0.4) is 0 Å². The molecule has 0 unspecified atom stereocenters. The summed E-state index contributed by atoms with van der Waals surface area (Å²) in [5.41, 5.74) is 0.503. The molecule has 0 fully saturated rings. The van der Waals surface area contributed by atoms with Crippen LogP contribution in [0.4, 0.5) is 0 Å². The minimum atomic E-state index is -1.57. The maximum Gasteiger partial charge on any atom is 0.147 e. The number of fused-ring (bicyclic) bond motifs is 2. The molecule has 0 aliphatic rings. The second kappa shape index (κ2) is 19.3. The van der Waals surface area contributed by atoms with Crippen molar-refractivity contribution in [1.82, 2.24) is 0 Å². The standard InChI is InChI=1S/2C27H26O5/c2*1-29-20-13-14-22(26(16-20)32-4)27(28,19-10-6-5-7-11-19)23-17-21-18(15-25(23)31-3)9-8-12-24(21)30-2/h2*5-17,28H,1-4H3/t2*27-/m00/s1. The highest BCUT2D eigenvalue weighted by atomic mass is 16.5. The quantitative estimate of drug-likeness (QED) is 0.102. The predicted octanol–water partition coefficient (Wildman–Crippen LogP) is 10.3. The summed E-state index contributed by atoms with van der Waals surface area (Å²) in [6.45, 7) is 0. The van der Waals surface area contributed by atoms with E-state index in [0.29, 0.717) is 79.4 Å². The van der Waals surface area contributed by atoms with Crippen LogP contribution in [0.2, 0.25) is 0 Å². The molecule has 2 atom stereocenters. The van der Waals surface area contributed by atoms with Gasteiger partial charge in [0.1, 0.15) is 57.2 Å². The monoisotopic (exact) mass is 860 g/mol. The topological polar surface area (TPSA) is 114 Å². The summed E-state index contributed by atoms with van der Waals surface area (Å²) in [6.07, 6.45) is 0. The minimum Gasteiger partial charge on any atom is -0.497 e. The molecule has 0 aliphatic carbocycles. The van der Waals surface area contributed by atoms with Gasteiger partial charge in [0.15, 0.2) is 0 Å². The summed E-state index contributed by atoms with van der Waals surface area (Å²) in [6, 6.07) is 49.0. The Labute approximate surface area is 373 Å². The fourth-order valence-corrected chi connectivity index (χ4v) is 8.28. The van der Waals surface area contributed by atoms with Gasteiger partial charge in [-0.1, -0.05) is 84.9 Å². The maximum atomic E-state index is 12.5. The molecule has 64 heavy (non-hydrogen) atoms. The van der Waals surface area contributed by atoms with Crippen LogP contribution in [0, 0.1) is 0 Å². The molecule has 0 radical (unpaired) electrons. The Bertz CT molecular complexity index is 2670. The Balaban J connectivity index is 0.000000191. The average Bonchev–Trinajstić information content (AvgIpc) is 3.37. The van der Waals surface area contributed by atoms with Crippen molar-refractivity contribution in [2.24, 2.45) is 0 Å². The number of ether oxygens (including phenoxy) is 8. The van der Waals surface area contributed by atoms with E-state index in [0.717, 1.165) is 21.5 Å². The van der Waals surface area contributed by atoms with Crippen LogP contribution in [-0.2, 0) is 11.2 Å². The molecule has 0 heterocycles. The Morgan fingerprint density at radius 2 is 0.641 bits per heavy atom. The third kappa shape index (κ3) is 8.17. The van der Waals surface area contributed by atoms with Crippen molar-refractivity contribution in [3.8, 4) is 46.0 Å². The lowest BCUT2D eigenvalue weighted by molar-refractivity contribution is 0.118. The SMILES string of the molecule is COc1ccc([C@@](O)(c2ccccc2)c2cc3c(OC)cccc3cc2OC)c(OC)c1.COc1ccc([C@@](O)(c2ccccc2)c2cc3c(OC)cccc3cc2OC)c(OC)c1. The van der Waals surface area contributed by atoms with E-state index in [-0.39, 0.29) is 0 Å². The first-order valence-corrected chi connectivity index (χ1v) is 20.4. The van der Waals surface area contributed by atoms with Gasteiger partial charge in [-0.05, 0) is 82.6 Å². The number of methoxy groups -OCH3 is 8. The summed E-state index contributed by atoms with van der Waals surface area (Å²) >= 11 is 0. The van der Waals surface area contributed by atoms with Crippen molar-refractivity contribution in [3.05, 3.63) is 191 Å². The highest BCUT2D eigenvalue weighted by Crippen LogP contribution is 2.49. The van der Waals surface area contributed by atoms with Crippen LogP contribution in [0.1, 0.15) is 33.4 Å². The average molecular weight is 861 g/mol. The fourth-order valence-electron chi connectivity index (χ4n) is 8.28. The van der Waals surface area contributed by atoms with Crippen LogP contribution in [-0.4, -0.2) is 67.1 Å². The van der Waals surface area contributed by atoms with Crippen molar-refractivity contribution < 1.29 is 48.1 Å². The Morgan fingerprint density at radius 3 is 0.969 bits per heavy atom. The molecule has 0 aliphatic heterocycles. The third-order valence-electron chi connectivity index (χ3n) is 11.5. The van der Waals surface area contributed by atoms with E-state index < -0.39 is 11.2 Å². The van der Waals surface area contributed by atoms with E-state index >= 15 is 0 Å². The molecule has 2 N–H and O–H groups in total. The zero-order valence-corrected chi connectivity index (χ0v) is 37.2. The molecule has 0 saturated heterocycles. The molecule has 10 heteroatoms. The second-order valence-electron chi connectivity index (χ2n) is 14.8. The van der Waals surface area contributed by atoms with Crippen molar-refractivity contribution in [3.63, 3.8) is 0 Å². The number of aliphatic hydroxyl groups is 2. The zero-order chi connectivity index (χ0) is 45.4. The van der Waals surface area contributed by atoms with Gasteiger partial charge in [-0.2, -0.15) is 0 Å². The Hall–Kier alpha value is -7.40. The van der Waals surface area contributed by atoms with Crippen molar-refractivity contribution in [2.45, 2.75) is 11.2 Å². The van der Waals surface area contributed by atoms with Gasteiger partial charge in [0.25, 0.3) is 0 Å². The van der Waals surface area contributed by atoms with Crippen LogP contribution >= 0.6 is 0 Å². The molecule has 0 amide bonds. The Kier molecular flexibility index (Phi) is 13.5. The van der Waals surface area contributed by atoms with E-state index in [1.807, 2.05) is 133 Å². The van der Waals surface area contributed by atoms with E-state index in [1.165, 1.54) is 0 Å². The van der Waals surface area contributed by atoms with Crippen molar-refractivity contribution >= 4 is 21.5 Å². The highest BCUT2D eigenvalue weighted by Gasteiger charge is 2.41. The van der Waals surface area contributed by atoms with Crippen LogP contribution in [0.5, 0.6) is 46.0 Å².